The van der Waals surface area contributed by atoms with E-state index in [0.29, 0.717) is 10.6 Å². The molecule has 0 aliphatic carbocycles. The fraction of sp³-hybridized carbons (Fsp3) is 0.0714. The molecule has 0 atom stereocenters. The van der Waals surface area contributed by atoms with Gasteiger partial charge >= 0.3 is 0 Å². The summed E-state index contributed by atoms with van der Waals surface area (Å²) in [5.74, 6) is -0.942. The number of amides is 1. The zero-order valence-corrected chi connectivity index (χ0v) is 11.7. The number of halogens is 1. The Balaban J connectivity index is 2.36. The molecule has 0 spiro atoms. The molecular formula is C14H11ClN2O4. The molecule has 7 heteroatoms. The molecule has 0 saturated heterocycles. The maximum Gasteiger partial charge on any atom is 0.296 e. The van der Waals surface area contributed by atoms with Crippen LogP contribution in [0.2, 0.25) is 5.02 Å². The number of para-hydroxylation sites is 1. The Hall–Kier alpha value is -2.60. The molecule has 0 radical (unpaired) electrons. The van der Waals surface area contributed by atoms with E-state index >= 15 is 0 Å². The summed E-state index contributed by atoms with van der Waals surface area (Å²) in [7, 11) is 0. The number of nitrogens with one attached hydrogen (secondary N) is 1. The number of rotatable bonds is 3. The van der Waals surface area contributed by atoms with Crippen molar-refractivity contribution in [3.63, 3.8) is 0 Å². The van der Waals surface area contributed by atoms with Gasteiger partial charge in [-0.2, -0.15) is 0 Å². The van der Waals surface area contributed by atoms with E-state index < -0.39 is 10.8 Å². The first-order valence-electron chi connectivity index (χ1n) is 5.94. The van der Waals surface area contributed by atoms with Crippen molar-refractivity contribution in [3.05, 3.63) is 62.7 Å². The number of phenolic OH excluding ortho intramolecular Hbond substituents is 1. The van der Waals surface area contributed by atoms with Crippen LogP contribution in [0.15, 0.2) is 36.4 Å². The maximum atomic E-state index is 12.1. The molecule has 0 unspecified atom stereocenters. The first-order valence-corrected chi connectivity index (χ1v) is 6.32. The van der Waals surface area contributed by atoms with Crippen molar-refractivity contribution < 1.29 is 14.8 Å². The van der Waals surface area contributed by atoms with E-state index in [2.05, 4.69) is 5.32 Å². The van der Waals surface area contributed by atoms with Crippen LogP contribution in [-0.2, 0) is 0 Å². The topological polar surface area (TPSA) is 92.5 Å². The number of aromatic hydroxyl groups is 1. The van der Waals surface area contributed by atoms with Crippen LogP contribution in [0.3, 0.4) is 0 Å². The third-order valence-corrected chi connectivity index (χ3v) is 3.30. The van der Waals surface area contributed by atoms with E-state index in [1.54, 1.807) is 19.1 Å². The van der Waals surface area contributed by atoms with Crippen molar-refractivity contribution in [2.75, 3.05) is 5.32 Å². The van der Waals surface area contributed by atoms with Gasteiger partial charge in [-0.1, -0.05) is 17.7 Å². The quantitative estimate of drug-likeness (QED) is 0.515. The number of hydrogen-bond acceptors (Lipinski definition) is 4. The van der Waals surface area contributed by atoms with Crippen LogP contribution >= 0.6 is 11.6 Å². The summed E-state index contributed by atoms with van der Waals surface area (Å²) in [4.78, 5) is 22.4. The number of nitrogens with zero attached hydrogens (tertiary/aromatic N) is 1. The largest absolute Gasteiger partial charge is 0.505 e. The number of hydrogen-bond donors (Lipinski definition) is 2. The average molecular weight is 307 g/mol. The van der Waals surface area contributed by atoms with Gasteiger partial charge in [-0.05, 0) is 36.8 Å². The molecule has 2 aromatic rings. The summed E-state index contributed by atoms with van der Waals surface area (Å²) in [6.45, 7) is 1.74. The van der Waals surface area contributed by atoms with E-state index in [0.717, 1.165) is 0 Å². The van der Waals surface area contributed by atoms with Gasteiger partial charge < -0.3 is 10.4 Å². The molecule has 1 amide bonds. The molecule has 2 aromatic carbocycles. The van der Waals surface area contributed by atoms with Crippen molar-refractivity contribution in [1.82, 2.24) is 0 Å². The second-order valence-corrected chi connectivity index (χ2v) is 4.75. The van der Waals surface area contributed by atoms with Gasteiger partial charge in [0.2, 0.25) is 0 Å². The second kappa shape index (κ2) is 5.80. The molecule has 0 bridgehead atoms. The molecule has 0 fully saturated rings. The van der Waals surface area contributed by atoms with Gasteiger partial charge in [0, 0.05) is 16.7 Å². The summed E-state index contributed by atoms with van der Waals surface area (Å²) in [6, 6.07) is 8.40. The van der Waals surface area contributed by atoms with Crippen LogP contribution in [-0.4, -0.2) is 15.9 Å². The van der Waals surface area contributed by atoms with Crippen molar-refractivity contribution in [2.24, 2.45) is 0 Å². The minimum atomic E-state index is -0.678. The van der Waals surface area contributed by atoms with Crippen LogP contribution in [0.1, 0.15) is 15.9 Å². The highest BCUT2D eigenvalue weighted by Gasteiger charge is 2.20. The zero-order chi connectivity index (χ0) is 15.6. The number of nitro groups is 1. The van der Waals surface area contributed by atoms with E-state index in [1.165, 1.54) is 24.3 Å². The van der Waals surface area contributed by atoms with Crippen LogP contribution in [0.5, 0.6) is 5.75 Å². The number of carbonyl (C=O) groups excluding carboxylic acids is 1. The number of nitro benzene ring substituents is 1. The lowest BCUT2D eigenvalue weighted by molar-refractivity contribution is -0.384. The Labute approximate surface area is 125 Å². The molecule has 0 saturated carbocycles. The van der Waals surface area contributed by atoms with E-state index in [9.17, 15) is 20.0 Å². The smallest absolute Gasteiger partial charge is 0.296 e. The van der Waals surface area contributed by atoms with E-state index in [1.807, 2.05) is 0 Å². The van der Waals surface area contributed by atoms with Crippen LogP contribution < -0.4 is 5.32 Å². The summed E-state index contributed by atoms with van der Waals surface area (Å²) in [5.41, 5.74) is 0.375. The molecule has 2 N–H and O–H groups in total. The lowest BCUT2D eigenvalue weighted by atomic mass is 10.1. The summed E-state index contributed by atoms with van der Waals surface area (Å²) >= 11 is 5.88. The van der Waals surface area contributed by atoms with Crippen LogP contribution in [0.4, 0.5) is 11.4 Å². The molecule has 0 heterocycles. The van der Waals surface area contributed by atoms with Gasteiger partial charge in [0.1, 0.15) is 5.75 Å². The van der Waals surface area contributed by atoms with Crippen LogP contribution in [0, 0.1) is 17.0 Å². The molecule has 0 aliphatic heterocycles. The number of carbonyl (C=O) groups is 1. The van der Waals surface area contributed by atoms with Gasteiger partial charge in [0.25, 0.3) is 11.6 Å². The predicted molar refractivity (Wildman–Crippen MR) is 78.9 cm³/mol. The highest BCUT2D eigenvalue weighted by atomic mass is 35.5. The van der Waals surface area contributed by atoms with Gasteiger partial charge in [-0.15, -0.1) is 0 Å². The van der Waals surface area contributed by atoms with Crippen molar-refractivity contribution in [1.29, 1.82) is 0 Å². The van der Waals surface area contributed by atoms with Gasteiger partial charge in [-0.25, -0.2) is 0 Å². The molecule has 108 valence electrons. The number of aryl methyl sites for hydroxylation is 1. The highest BCUT2D eigenvalue weighted by molar-refractivity contribution is 6.31. The predicted octanol–water partition coefficient (Wildman–Crippen LogP) is 3.51. The van der Waals surface area contributed by atoms with Crippen molar-refractivity contribution in [3.8, 4) is 5.75 Å². The first-order chi connectivity index (χ1) is 9.90. The molecular weight excluding hydrogens is 296 g/mol. The zero-order valence-electron chi connectivity index (χ0n) is 11.0. The monoisotopic (exact) mass is 306 g/mol. The minimum Gasteiger partial charge on any atom is -0.505 e. The summed E-state index contributed by atoms with van der Waals surface area (Å²) < 4.78 is 0. The Morgan fingerprint density at radius 3 is 2.67 bits per heavy atom. The average Bonchev–Trinajstić information content (AvgIpc) is 2.43. The molecule has 0 aliphatic rings. The number of anilines is 1. The Bertz CT molecular complexity index is 731. The SMILES string of the molecule is Cc1cc(C(=O)Nc2c(O)cccc2[N+](=O)[O-])ccc1Cl. The van der Waals surface area contributed by atoms with E-state index in [4.69, 9.17) is 11.6 Å². The van der Waals surface area contributed by atoms with Crippen molar-refractivity contribution >= 4 is 28.9 Å². The number of benzene rings is 2. The fourth-order valence-electron chi connectivity index (χ4n) is 1.78. The normalized spacial score (nSPS) is 10.2. The number of phenols is 1. The van der Waals surface area contributed by atoms with Gasteiger partial charge in [-0.3, -0.25) is 14.9 Å². The van der Waals surface area contributed by atoms with E-state index in [-0.39, 0.29) is 22.7 Å². The molecule has 21 heavy (non-hydrogen) atoms. The lowest BCUT2D eigenvalue weighted by Crippen LogP contribution is -2.13. The lowest BCUT2D eigenvalue weighted by Gasteiger charge is -2.08. The summed E-state index contributed by atoms with van der Waals surface area (Å²) in [5, 5.41) is 23.5. The van der Waals surface area contributed by atoms with Crippen LogP contribution in [0.25, 0.3) is 0 Å². The Morgan fingerprint density at radius 2 is 2.05 bits per heavy atom. The fourth-order valence-corrected chi connectivity index (χ4v) is 1.90. The first kappa shape index (κ1) is 14.8. The highest BCUT2D eigenvalue weighted by Crippen LogP contribution is 2.33. The third-order valence-electron chi connectivity index (χ3n) is 2.88. The molecule has 0 aromatic heterocycles. The molecule has 6 nitrogen and oxygen atoms in total. The minimum absolute atomic E-state index is 0.236. The summed E-state index contributed by atoms with van der Waals surface area (Å²) in [6.07, 6.45) is 0. The Kier molecular flexibility index (Phi) is 4.09. The van der Waals surface area contributed by atoms with Gasteiger partial charge in [0.05, 0.1) is 4.92 Å². The third kappa shape index (κ3) is 3.11. The standard InChI is InChI=1S/C14H11ClN2O4/c1-8-7-9(5-6-10(8)15)14(19)16-13-11(17(20)21)3-2-4-12(13)18/h2-7,18H,1H3,(H,16,19). The molecule has 2 rings (SSSR count). The maximum absolute atomic E-state index is 12.1. The van der Waals surface area contributed by atoms with Crippen molar-refractivity contribution in [2.45, 2.75) is 6.92 Å². The van der Waals surface area contributed by atoms with Gasteiger partial charge in [0.15, 0.2) is 5.69 Å². The second-order valence-electron chi connectivity index (χ2n) is 4.35. The Morgan fingerprint density at radius 1 is 1.33 bits per heavy atom.